The molecule has 1 aliphatic heterocycles. The third-order valence-electron chi connectivity index (χ3n) is 2.88. The van der Waals surface area contributed by atoms with Gasteiger partial charge in [-0.3, -0.25) is 0 Å². The first-order valence-corrected chi connectivity index (χ1v) is 5.84. The topological polar surface area (TPSA) is 47.6 Å². The first-order chi connectivity index (χ1) is 8.29. The van der Waals surface area contributed by atoms with Crippen LogP contribution in [0.25, 0.3) is 0 Å². The summed E-state index contributed by atoms with van der Waals surface area (Å²) in [5.41, 5.74) is 1.19. The molecule has 0 saturated carbocycles. The fourth-order valence-electron chi connectivity index (χ4n) is 1.98. The maximum absolute atomic E-state index is 10.9. The number of ether oxygens (including phenoxy) is 2. The fraction of sp³-hybridized carbons (Fsp3) is 0.462. The van der Waals surface area contributed by atoms with E-state index in [-0.39, 0.29) is 12.2 Å². The first-order valence-electron chi connectivity index (χ1n) is 5.84. The molecule has 1 aliphatic rings. The number of amides is 1. The minimum absolute atomic E-state index is 0.0116. The second-order valence-corrected chi connectivity index (χ2v) is 4.08. The largest absolute Gasteiger partial charge is 0.447 e. The summed E-state index contributed by atoms with van der Waals surface area (Å²) >= 11 is 0. The predicted octanol–water partition coefficient (Wildman–Crippen LogP) is 2.26. The van der Waals surface area contributed by atoms with Gasteiger partial charge in [0.05, 0.1) is 12.2 Å². The number of nitrogens with one attached hydrogen (secondary N) is 1. The summed E-state index contributed by atoms with van der Waals surface area (Å²) < 4.78 is 10.8. The number of hydrogen-bond acceptors (Lipinski definition) is 3. The second-order valence-electron chi connectivity index (χ2n) is 4.08. The Bertz CT molecular complexity index is 366. The average Bonchev–Trinajstić information content (AvgIpc) is 2.86. The van der Waals surface area contributed by atoms with Crippen molar-refractivity contribution < 1.29 is 14.3 Å². The summed E-state index contributed by atoms with van der Waals surface area (Å²) in [7, 11) is 1.55. The molecule has 2 unspecified atom stereocenters. The Kier molecular flexibility index (Phi) is 3.98. The van der Waals surface area contributed by atoms with E-state index in [0.29, 0.717) is 6.61 Å². The van der Waals surface area contributed by atoms with E-state index in [1.807, 2.05) is 18.2 Å². The van der Waals surface area contributed by atoms with Gasteiger partial charge in [0.1, 0.15) is 6.61 Å². The number of rotatable bonds is 3. The van der Waals surface area contributed by atoms with Crippen molar-refractivity contribution in [2.45, 2.75) is 25.0 Å². The normalized spacial score (nSPS) is 23.4. The zero-order chi connectivity index (χ0) is 12.1. The Labute approximate surface area is 101 Å². The van der Waals surface area contributed by atoms with Crippen LogP contribution in [0.15, 0.2) is 30.3 Å². The van der Waals surface area contributed by atoms with Gasteiger partial charge in [0.25, 0.3) is 0 Å². The van der Waals surface area contributed by atoms with Crippen molar-refractivity contribution in [3.05, 3.63) is 35.9 Å². The molecule has 2 atom stereocenters. The highest BCUT2D eigenvalue weighted by atomic mass is 16.6. The molecule has 1 amide bonds. The molecule has 0 bridgehead atoms. The molecule has 1 saturated heterocycles. The van der Waals surface area contributed by atoms with Crippen LogP contribution in [0.5, 0.6) is 0 Å². The summed E-state index contributed by atoms with van der Waals surface area (Å²) in [6, 6.07) is 10.1. The zero-order valence-corrected chi connectivity index (χ0v) is 9.89. The maximum Gasteiger partial charge on any atom is 0.406 e. The van der Waals surface area contributed by atoms with Gasteiger partial charge in [0, 0.05) is 7.05 Å². The number of hydrogen-bond donors (Lipinski definition) is 1. The molecular weight excluding hydrogens is 218 g/mol. The van der Waals surface area contributed by atoms with Gasteiger partial charge >= 0.3 is 6.09 Å². The van der Waals surface area contributed by atoms with E-state index in [4.69, 9.17) is 9.47 Å². The quantitative estimate of drug-likeness (QED) is 0.874. The molecule has 0 aromatic heterocycles. The molecule has 2 rings (SSSR count). The van der Waals surface area contributed by atoms with Crippen LogP contribution < -0.4 is 5.32 Å². The predicted molar refractivity (Wildman–Crippen MR) is 63.7 cm³/mol. The highest BCUT2D eigenvalue weighted by Gasteiger charge is 2.27. The van der Waals surface area contributed by atoms with Crippen LogP contribution in [-0.4, -0.2) is 25.9 Å². The van der Waals surface area contributed by atoms with Crippen LogP contribution in [-0.2, 0) is 9.47 Å². The van der Waals surface area contributed by atoms with E-state index in [1.165, 1.54) is 5.56 Å². The molecular formula is C13H17NO3. The third-order valence-corrected chi connectivity index (χ3v) is 2.88. The lowest BCUT2D eigenvalue weighted by Gasteiger charge is -2.14. The van der Waals surface area contributed by atoms with Crippen LogP contribution in [0.2, 0.25) is 0 Å². The lowest BCUT2D eigenvalue weighted by molar-refractivity contribution is 0.00432. The van der Waals surface area contributed by atoms with Gasteiger partial charge in [0.15, 0.2) is 0 Å². The minimum atomic E-state index is -0.406. The Balaban J connectivity index is 1.82. The zero-order valence-electron chi connectivity index (χ0n) is 9.89. The molecule has 0 spiro atoms. The van der Waals surface area contributed by atoms with Gasteiger partial charge in [-0.15, -0.1) is 0 Å². The smallest absolute Gasteiger partial charge is 0.406 e. The van der Waals surface area contributed by atoms with E-state index >= 15 is 0 Å². The van der Waals surface area contributed by atoms with Crippen LogP contribution >= 0.6 is 0 Å². The van der Waals surface area contributed by atoms with Gasteiger partial charge in [-0.05, 0) is 18.4 Å². The SMILES string of the molecule is CNC(=O)OCC1CCC(c2ccccc2)O1. The van der Waals surface area contributed by atoms with Crippen molar-refractivity contribution in [1.29, 1.82) is 0 Å². The van der Waals surface area contributed by atoms with Crippen molar-refractivity contribution in [3.63, 3.8) is 0 Å². The number of benzene rings is 1. The number of carbonyl (C=O) groups is 1. The highest BCUT2D eigenvalue weighted by molar-refractivity contribution is 5.66. The van der Waals surface area contributed by atoms with Crippen molar-refractivity contribution >= 4 is 6.09 Å². The lowest BCUT2D eigenvalue weighted by atomic mass is 10.1. The van der Waals surface area contributed by atoms with E-state index < -0.39 is 6.09 Å². The lowest BCUT2D eigenvalue weighted by Crippen LogP contribution is -2.24. The number of carbonyl (C=O) groups excluding carboxylic acids is 1. The summed E-state index contributed by atoms with van der Waals surface area (Å²) in [6.45, 7) is 0.322. The van der Waals surface area contributed by atoms with Crippen LogP contribution in [0.4, 0.5) is 4.79 Å². The molecule has 1 fully saturated rings. The summed E-state index contributed by atoms with van der Waals surface area (Å²) in [5.74, 6) is 0. The minimum Gasteiger partial charge on any atom is -0.447 e. The molecule has 1 heterocycles. The number of alkyl carbamates (subject to hydrolysis) is 1. The molecule has 0 aliphatic carbocycles. The van der Waals surface area contributed by atoms with Crippen molar-refractivity contribution in [1.82, 2.24) is 5.32 Å². The Morgan fingerprint density at radius 1 is 1.41 bits per heavy atom. The van der Waals surface area contributed by atoms with E-state index in [0.717, 1.165) is 12.8 Å². The third kappa shape index (κ3) is 3.20. The molecule has 1 aromatic carbocycles. The molecule has 17 heavy (non-hydrogen) atoms. The Morgan fingerprint density at radius 2 is 2.18 bits per heavy atom. The highest BCUT2D eigenvalue weighted by Crippen LogP contribution is 2.32. The van der Waals surface area contributed by atoms with E-state index in [1.54, 1.807) is 7.05 Å². The maximum atomic E-state index is 10.9. The summed E-state index contributed by atoms with van der Waals surface area (Å²) in [5, 5.41) is 2.42. The fourth-order valence-corrected chi connectivity index (χ4v) is 1.98. The molecule has 0 radical (unpaired) electrons. The molecule has 4 nitrogen and oxygen atoms in total. The van der Waals surface area contributed by atoms with Crippen molar-refractivity contribution in [3.8, 4) is 0 Å². The Morgan fingerprint density at radius 3 is 2.88 bits per heavy atom. The van der Waals surface area contributed by atoms with Crippen molar-refractivity contribution in [2.75, 3.05) is 13.7 Å². The van der Waals surface area contributed by atoms with Crippen molar-refractivity contribution in [2.24, 2.45) is 0 Å². The van der Waals surface area contributed by atoms with Crippen LogP contribution in [0, 0.1) is 0 Å². The van der Waals surface area contributed by atoms with E-state index in [9.17, 15) is 4.79 Å². The van der Waals surface area contributed by atoms with Crippen LogP contribution in [0.1, 0.15) is 24.5 Å². The molecule has 1 aromatic rings. The van der Waals surface area contributed by atoms with Gasteiger partial charge in [-0.2, -0.15) is 0 Å². The average molecular weight is 235 g/mol. The molecule has 4 heteroatoms. The molecule has 92 valence electrons. The first kappa shape index (κ1) is 11.9. The molecule has 1 N–H and O–H groups in total. The summed E-state index contributed by atoms with van der Waals surface area (Å²) in [4.78, 5) is 10.9. The Hall–Kier alpha value is -1.55. The van der Waals surface area contributed by atoms with E-state index in [2.05, 4.69) is 17.4 Å². The van der Waals surface area contributed by atoms with Gasteiger partial charge in [-0.1, -0.05) is 30.3 Å². The summed E-state index contributed by atoms with van der Waals surface area (Å²) in [6.07, 6.45) is 1.64. The standard InChI is InChI=1S/C13H17NO3/c1-14-13(15)16-9-11-7-8-12(17-11)10-5-3-2-4-6-10/h2-6,11-12H,7-9H2,1H3,(H,14,15). The van der Waals surface area contributed by atoms with Crippen LogP contribution in [0.3, 0.4) is 0 Å². The second kappa shape index (κ2) is 5.68. The van der Waals surface area contributed by atoms with Gasteiger partial charge in [-0.25, -0.2) is 4.79 Å². The van der Waals surface area contributed by atoms with Gasteiger partial charge < -0.3 is 14.8 Å². The van der Waals surface area contributed by atoms with Gasteiger partial charge in [0.2, 0.25) is 0 Å². The monoisotopic (exact) mass is 235 g/mol.